The second-order valence-electron chi connectivity index (χ2n) is 6.33. The molecule has 0 radical (unpaired) electrons. The van der Waals surface area contributed by atoms with Gasteiger partial charge in [-0.15, -0.1) is 0 Å². The molecule has 3 heterocycles. The van der Waals surface area contributed by atoms with E-state index in [-0.39, 0.29) is 5.60 Å². The summed E-state index contributed by atoms with van der Waals surface area (Å²) in [6.45, 7) is 3.55. The Labute approximate surface area is 119 Å². The van der Waals surface area contributed by atoms with Crippen molar-refractivity contribution in [3.8, 4) is 0 Å². The van der Waals surface area contributed by atoms with Gasteiger partial charge in [0.05, 0.1) is 19.2 Å². The van der Waals surface area contributed by atoms with Crippen LogP contribution in [0, 0.1) is 5.92 Å². The topological polar surface area (TPSA) is 47.5 Å². The van der Waals surface area contributed by atoms with Crippen LogP contribution in [0.2, 0.25) is 0 Å². The quantitative estimate of drug-likeness (QED) is 0.836. The lowest BCUT2D eigenvalue weighted by molar-refractivity contribution is -0.146. The van der Waals surface area contributed by atoms with Crippen molar-refractivity contribution in [3.05, 3.63) is 18.5 Å². The SMILES string of the molecule is c1cnc(N2CC3(C[C@H](OCC4CC4)CCO3)C2)nc1. The van der Waals surface area contributed by atoms with E-state index < -0.39 is 0 Å². The maximum atomic E-state index is 6.05. The first-order valence-corrected chi connectivity index (χ1v) is 7.61. The number of nitrogens with zero attached hydrogens (tertiary/aromatic N) is 3. The summed E-state index contributed by atoms with van der Waals surface area (Å²) in [5, 5.41) is 0. The highest BCUT2D eigenvalue weighted by molar-refractivity contribution is 5.37. The standard InChI is InChI=1S/C15H21N3O2/c1-5-16-14(17-6-1)18-10-15(11-18)8-13(4-7-20-15)19-9-12-2-3-12/h1,5-6,12-13H,2-4,7-11H2/t13-/m1/s1. The highest BCUT2D eigenvalue weighted by atomic mass is 16.5. The van der Waals surface area contributed by atoms with E-state index in [1.54, 1.807) is 12.4 Å². The molecule has 20 heavy (non-hydrogen) atoms. The van der Waals surface area contributed by atoms with Crippen molar-refractivity contribution in [2.75, 3.05) is 31.2 Å². The van der Waals surface area contributed by atoms with Gasteiger partial charge in [0, 0.05) is 32.0 Å². The Bertz CT molecular complexity index is 457. The van der Waals surface area contributed by atoms with E-state index in [4.69, 9.17) is 9.47 Å². The number of ether oxygens (including phenoxy) is 2. The monoisotopic (exact) mass is 275 g/mol. The number of hydrogen-bond acceptors (Lipinski definition) is 5. The average Bonchev–Trinajstić information content (AvgIpc) is 3.28. The Hall–Kier alpha value is -1.20. The Morgan fingerprint density at radius 1 is 1.25 bits per heavy atom. The number of rotatable bonds is 4. The van der Waals surface area contributed by atoms with Crippen LogP contribution >= 0.6 is 0 Å². The first kappa shape index (κ1) is 12.5. The molecule has 0 unspecified atom stereocenters. The molecule has 108 valence electrons. The third-order valence-electron chi connectivity index (χ3n) is 4.51. The highest BCUT2D eigenvalue weighted by Crippen LogP contribution is 2.37. The van der Waals surface area contributed by atoms with Gasteiger partial charge in [0.25, 0.3) is 0 Å². The van der Waals surface area contributed by atoms with E-state index in [9.17, 15) is 0 Å². The van der Waals surface area contributed by atoms with Crippen LogP contribution in [0.3, 0.4) is 0 Å². The van der Waals surface area contributed by atoms with Crippen molar-refractivity contribution in [3.63, 3.8) is 0 Å². The van der Waals surface area contributed by atoms with E-state index in [1.165, 1.54) is 12.8 Å². The zero-order valence-electron chi connectivity index (χ0n) is 11.7. The zero-order chi connectivity index (χ0) is 13.4. The summed E-state index contributed by atoms with van der Waals surface area (Å²) in [5.74, 6) is 1.65. The Balaban J connectivity index is 1.32. The molecule has 1 saturated carbocycles. The van der Waals surface area contributed by atoms with E-state index in [0.717, 1.165) is 51.0 Å². The lowest BCUT2D eigenvalue weighted by Crippen LogP contribution is -2.66. The average molecular weight is 275 g/mol. The zero-order valence-corrected chi connectivity index (χ0v) is 11.7. The molecule has 0 N–H and O–H groups in total. The van der Waals surface area contributed by atoms with Crippen molar-refractivity contribution in [2.45, 2.75) is 37.4 Å². The predicted molar refractivity (Wildman–Crippen MR) is 74.6 cm³/mol. The Morgan fingerprint density at radius 3 is 2.80 bits per heavy atom. The minimum atomic E-state index is -0.0222. The maximum absolute atomic E-state index is 6.05. The molecular formula is C15H21N3O2. The molecule has 1 aromatic heterocycles. The van der Waals surface area contributed by atoms with Crippen LogP contribution in [0.5, 0.6) is 0 Å². The van der Waals surface area contributed by atoms with Crippen molar-refractivity contribution in [1.29, 1.82) is 0 Å². The Kier molecular flexibility index (Phi) is 3.11. The second kappa shape index (κ2) is 4.97. The highest BCUT2D eigenvalue weighted by Gasteiger charge is 2.48. The lowest BCUT2D eigenvalue weighted by atomic mass is 9.85. The molecule has 1 atom stereocenters. The molecule has 4 rings (SSSR count). The normalized spacial score (nSPS) is 28.4. The smallest absolute Gasteiger partial charge is 0.225 e. The van der Waals surface area contributed by atoms with Crippen molar-refractivity contribution < 1.29 is 9.47 Å². The molecule has 1 aromatic rings. The molecule has 2 aliphatic heterocycles. The van der Waals surface area contributed by atoms with E-state index in [0.29, 0.717) is 6.10 Å². The molecule has 0 amide bonds. The molecule has 3 aliphatic rings. The third kappa shape index (κ3) is 2.52. The van der Waals surface area contributed by atoms with E-state index >= 15 is 0 Å². The third-order valence-corrected chi connectivity index (χ3v) is 4.51. The first-order chi connectivity index (χ1) is 9.83. The summed E-state index contributed by atoms with van der Waals surface area (Å²) in [6.07, 6.45) is 8.72. The molecule has 1 spiro atoms. The molecule has 1 aliphatic carbocycles. The minimum Gasteiger partial charge on any atom is -0.378 e. The van der Waals surface area contributed by atoms with Crippen LogP contribution < -0.4 is 4.90 Å². The van der Waals surface area contributed by atoms with Crippen molar-refractivity contribution in [2.24, 2.45) is 5.92 Å². The minimum absolute atomic E-state index is 0.0222. The van der Waals surface area contributed by atoms with Crippen molar-refractivity contribution >= 4 is 5.95 Å². The van der Waals surface area contributed by atoms with Gasteiger partial charge in [-0.25, -0.2) is 9.97 Å². The summed E-state index contributed by atoms with van der Waals surface area (Å²) < 4.78 is 12.1. The predicted octanol–water partition coefficient (Wildman–Crippen LogP) is 1.64. The first-order valence-electron chi connectivity index (χ1n) is 7.61. The van der Waals surface area contributed by atoms with Crippen LogP contribution in [-0.4, -0.2) is 48.0 Å². The van der Waals surface area contributed by atoms with Gasteiger partial charge in [0.1, 0.15) is 5.60 Å². The van der Waals surface area contributed by atoms with Crippen LogP contribution in [0.25, 0.3) is 0 Å². The maximum Gasteiger partial charge on any atom is 0.225 e. The summed E-state index contributed by atoms with van der Waals surface area (Å²) in [4.78, 5) is 10.8. The Morgan fingerprint density at radius 2 is 2.05 bits per heavy atom. The molecular weight excluding hydrogens is 254 g/mol. The summed E-state index contributed by atoms with van der Waals surface area (Å²) >= 11 is 0. The molecule has 3 fully saturated rings. The molecule has 5 nitrogen and oxygen atoms in total. The van der Waals surface area contributed by atoms with E-state index in [1.807, 2.05) is 6.07 Å². The van der Waals surface area contributed by atoms with Gasteiger partial charge >= 0.3 is 0 Å². The molecule has 2 saturated heterocycles. The van der Waals surface area contributed by atoms with Gasteiger partial charge in [-0.3, -0.25) is 0 Å². The van der Waals surface area contributed by atoms with Crippen LogP contribution in [0.1, 0.15) is 25.7 Å². The van der Waals surface area contributed by atoms with Gasteiger partial charge in [-0.05, 0) is 31.2 Å². The molecule has 5 heteroatoms. The van der Waals surface area contributed by atoms with E-state index in [2.05, 4.69) is 14.9 Å². The van der Waals surface area contributed by atoms with Crippen LogP contribution in [0.4, 0.5) is 5.95 Å². The summed E-state index contributed by atoms with van der Waals surface area (Å²) in [7, 11) is 0. The lowest BCUT2D eigenvalue weighted by Gasteiger charge is -2.52. The number of hydrogen-bond donors (Lipinski definition) is 0. The van der Waals surface area contributed by atoms with Gasteiger partial charge in [0.2, 0.25) is 5.95 Å². The number of anilines is 1. The molecule has 0 bridgehead atoms. The fraction of sp³-hybridized carbons (Fsp3) is 0.733. The molecule has 0 aromatic carbocycles. The van der Waals surface area contributed by atoms with Gasteiger partial charge < -0.3 is 14.4 Å². The largest absolute Gasteiger partial charge is 0.378 e. The van der Waals surface area contributed by atoms with Crippen LogP contribution in [-0.2, 0) is 9.47 Å². The fourth-order valence-corrected chi connectivity index (χ4v) is 3.15. The van der Waals surface area contributed by atoms with Crippen LogP contribution in [0.15, 0.2) is 18.5 Å². The van der Waals surface area contributed by atoms with Crippen molar-refractivity contribution in [1.82, 2.24) is 9.97 Å². The summed E-state index contributed by atoms with van der Waals surface area (Å²) in [5.41, 5.74) is -0.0222. The summed E-state index contributed by atoms with van der Waals surface area (Å²) in [6, 6.07) is 1.85. The number of aromatic nitrogens is 2. The van der Waals surface area contributed by atoms with Gasteiger partial charge in [-0.1, -0.05) is 0 Å². The van der Waals surface area contributed by atoms with Gasteiger partial charge in [0.15, 0.2) is 0 Å². The van der Waals surface area contributed by atoms with Gasteiger partial charge in [-0.2, -0.15) is 0 Å². The fourth-order valence-electron chi connectivity index (χ4n) is 3.15. The second-order valence-corrected chi connectivity index (χ2v) is 6.33.